The maximum absolute atomic E-state index is 14.1. The molecular formula is C22H15F3N6. The SMILES string of the molecule is C[C@@H](Nc1ncnc(N)c1C#N)c1cnc2ccc(F)cc2c1-c1cc(F)cc(F)c1. The molecule has 0 fully saturated rings. The summed E-state index contributed by atoms with van der Waals surface area (Å²) in [5.74, 6) is -1.84. The fraction of sp³-hybridized carbons (Fsp3) is 0.0909. The van der Waals surface area contributed by atoms with E-state index in [1.165, 1.54) is 42.9 Å². The van der Waals surface area contributed by atoms with E-state index in [9.17, 15) is 18.4 Å². The lowest BCUT2D eigenvalue weighted by Crippen LogP contribution is -2.13. The van der Waals surface area contributed by atoms with Crippen LogP contribution in [0.4, 0.5) is 24.8 Å². The normalized spacial score (nSPS) is 11.8. The Morgan fingerprint density at radius 3 is 2.45 bits per heavy atom. The Hall–Kier alpha value is -4.19. The van der Waals surface area contributed by atoms with E-state index in [0.717, 1.165) is 6.07 Å². The lowest BCUT2D eigenvalue weighted by Gasteiger charge is -2.21. The van der Waals surface area contributed by atoms with Gasteiger partial charge in [0.25, 0.3) is 0 Å². The first-order chi connectivity index (χ1) is 14.9. The van der Waals surface area contributed by atoms with Crippen LogP contribution in [0.5, 0.6) is 0 Å². The monoisotopic (exact) mass is 420 g/mol. The standard InChI is InChI=1S/C22H15F3N6/c1-11(31-22-17(8-26)21(27)29-10-30-22)18-9-28-19-3-2-13(23)7-16(19)20(18)12-4-14(24)6-15(25)5-12/h2-7,9-11H,1H3,(H3,27,29,30,31)/t11-/m1/s1. The minimum Gasteiger partial charge on any atom is -0.382 e. The number of nitrogen functional groups attached to an aromatic ring is 1. The third kappa shape index (κ3) is 3.83. The molecule has 31 heavy (non-hydrogen) atoms. The molecule has 1 atom stereocenters. The van der Waals surface area contributed by atoms with Crippen molar-refractivity contribution in [3.8, 4) is 17.2 Å². The van der Waals surface area contributed by atoms with E-state index in [0.29, 0.717) is 22.0 Å². The third-order valence-electron chi connectivity index (χ3n) is 4.82. The van der Waals surface area contributed by atoms with Gasteiger partial charge in [-0.2, -0.15) is 5.26 Å². The lowest BCUT2D eigenvalue weighted by atomic mass is 9.93. The minimum atomic E-state index is -0.765. The molecule has 0 saturated carbocycles. The van der Waals surface area contributed by atoms with Crippen molar-refractivity contribution < 1.29 is 13.2 Å². The predicted octanol–water partition coefficient (Wildman–Crippen LogP) is 4.74. The molecule has 9 heteroatoms. The number of aromatic nitrogens is 3. The number of hydrogen-bond acceptors (Lipinski definition) is 6. The van der Waals surface area contributed by atoms with Gasteiger partial charge in [0.05, 0.1) is 11.6 Å². The lowest BCUT2D eigenvalue weighted by molar-refractivity contribution is 0.584. The van der Waals surface area contributed by atoms with Crippen molar-refractivity contribution in [2.75, 3.05) is 11.1 Å². The number of nitrogens with two attached hydrogens (primary N) is 1. The molecule has 0 aliphatic carbocycles. The highest BCUT2D eigenvalue weighted by molar-refractivity contribution is 5.96. The van der Waals surface area contributed by atoms with Crippen LogP contribution in [0.15, 0.2) is 48.9 Å². The Labute approximate surface area is 175 Å². The summed E-state index contributed by atoms with van der Waals surface area (Å²) in [6.45, 7) is 1.75. The van der Waals surface area contributed by atoms with Gasteiger partial charge in [-0.1, -0.05) is 0 Å². The number of halogens is 3. The van der Waals surface area contributed by atoms with Crippen LogP contribution in [-0.4, -0.2) is 15.0 Å². The summed E-state index contributed by atoms with van der Waals surface area (Å²) in [5, 5.41) is 12.8. The Morgan fingerprint density at radius 1 is 1.00 bits per heavy atom. The van der Waals surface area contributed by atoms with Gasteiger partial charge in [0, 0.05) is 23.2 Å². The fourth-order valence-corrected chi connectivity index (χ4v) is 3.43. The Balaban J connectivity index is 1.92. The average Bonchev–Trinajstić information content (AvgIpc) is 2.72. The number of nitrogens with zero attached hydrogens (tertiary/aromatic N) is 4. The van der Waals surface area contributed by atoms with Gasteiger partial charge in [0.1, 0.15) is 47.0 Å². The van der Waals surface area contributed by atoms with Crippen molar-refractivity contribution in [2.45, 2.75) is 13.0 Å². The highest BCUT2D eigenvalue weighted by Crippen LogP contribution is 2.36. The van der Waals surface area contributed by atoms with E-state index in [4.69, 9.17) is 5.73 Å². The summed E-state index contributed by atoms with van der Waals surface area (Å²) in [4.78, 5) is 12.2. The summed E-state index contributed by atoms with van der Waals surface area (Å²) in [6.07, 6.45) is 2.74. The van der Waals surface area contributed by atoms with Gasteiger partial charge < -0.3 is 11.1 Å². The molecule has 4 rings (SSSR count). The highest BCUT2D eigenvalue weighted by atomic mass is 19.1. The zero-order chi connectivity index (χ0) is 22.1. The van der Waals surface area contributed by atoms with E-state index in [1.54, 1.807) is 6.92 Å². The summed E-state index contributed by atoms with van der Waals surface area (Å²) in [7, 11) is 0. The number of nitrogens with one attached hydrogen (secondary N) is 1. The Morgan fingerprint density at radius 2 is 1.74 bits per heavy atom. The quantitative estimate of drug-likeness (QED) is 0.495. The topological polar surface area (TPSA) is 101 Å². The van der Waals surface area contributed by atoms with Crippen LogP contribution in [0.2, 0.25) is 0 Å². The van der Waals surface area contributed by atoms with Crippen molar-refractivity contribution >= 4 is 22.5 Å². The van der Waals surface area contributed by atoms with Gasteiger partial charge in [-0.3, -0.25) is 4.98 Å². The van der Waals surface area contributed by atoms with Gasteiger partial charge in [-0.05, 0) is 48.4 Å². The van der Waals surface area contributed by atoms with E-state index in [1.807, 2.05) is 6.07 Å². The highest BCUT2D eigenvalue weighted by Gasteiger charge is 2.20. The maximum atomic E-state index is 14.1. The molecule has 0 bridgehead atoms. The number of nitriles is 1. The largest absolute Gasteiger partial charge is 0.382 e. The average molecular weight is 420 g/mol. The molecular weight excluding hydrogens is 405 g/mol. The Bertz CT molecular complexity index is 1330. The molecule has 2 aromatic carbocycles. The fourth-order valence-electron chi connectivity index (χ4n) is 3.43. The van der Waals surface area contributed by atoms with Crippen molar-refractivity contribution in [2.24, 2.45) is 0 Å². The van der Waals surface area contributed by atoms with Gasteiger partial charge in [-0.25, -0.2) is 23.1 Å². The molecule has 0 aliphatic rings. The molecule has 0 amide bonds. The summed E-state index contributed by atoms with van der Waals surface area (Å²) in [5.41, 5.74) is 7.41. The second kappa shape index (κ2) is 7.91. The van der Waals surface area contributed by atoms with Gasteiger partial charge in [0.15, 0.2) is 0 Å². The maximum Gasteiger partial charge on any atom is 0.150 e. The number of anilines is 2. The third-order valence-corrected chi connectivity index (χ3v) is 4.82. The van der Waals surface area contributed by atoms with Gasteiger partial charge in [0.2, 0.25) is 0 Å². The molecule has 6 nitrogen and oxygen atoms in total. The van der Waals surface area contributed by atoms with Crippen LogP contribution in [0.1, 0.15) is 24.1 Å². The first kappa shape index (κ1) is 20.1. The zero-order valence-electron chi connectivity index (χ0n) is 16.2. The predicted molar refractivity (Wildman–Crippen MR) is 110 cm³/mol. The van der Waals surface area contributed by atoms with Crippen LogP contribution < -0.4 is 11.1 Å². The van der Waals surface area contributed by atoms with Gasteiger partial charge >= 0.3 is 0 Å². The molecule has 0 radical (unpaired) electrons. The molecule has 4 aromatic rings. The van der Waals surface area contributed by atoms with E-state index >= 15 is 0 Å². The van der Waals surface area contributed by atoms with Gasteiger partial charge in [-0.15, -0.1) is 0 Å². The number of rotatable bonds is 4. The van der Waals surface area contributed by atoms with E-state index < -0.39 is 23.5 Å². The first-order valence-electron chi connectivity index (χ1n) is 9.19. The van der Waals surface area contributed by atoms with Crippen LogP contribution in [0.3, 0.4) is 0 Å². The van der Waals surface area contributed by atoms with Crippen LogP contribution in [0.25, 0.3) is 22.0 Å². The number of fused-ring (bicyclic) bond motifs is 1. The van der Waals surface area contributed by atoms with Crippen molar-refractivity contribution in [3.63, 3.8) is 0 Å². The molecule has 2 heterocycles. The smallest absolute Gasteiger partial charge is 0.150 e. The van der Waals surface area contributed by atoms with Crippen LogP contribution in [0, 0.1) is 28.8 Å². The molecule has 2 aromatic heterocycles. The van der Waals surface area contributed by atoms with Crippen molar-refractivity contribution in [1.82, 2.24) is 15.0 Å². The van der Waals surface area contributed by atoms with Crippen LogP contribution >= 0.6 is 0 Å². The van der Waals surface area contributed by atoms with E-state index in [2.05, 4.69) is 20.3 Å². The van der Waals surface area contributed by atoms with Crippen molar-refractivity contribution in [3.05, 3.63) is 77.5 Å². The second-order valence-electron chi connectivity index (χ2n) is 6.87. The summed E-state index contributed by atoms with van der Waals surface area (Å²) >= 11 is 0. The van der Waals surface area contributed by atoms with Crippen molar-refractivity contribution in [1.29, 1.82) is 5.26 Å². The molecule has 0 saturated heterocycles. The van der Waals surface area contributed by atoms with Crippen LogP contribution in [-0.2, 0) is 0 Å². The number of benzene rings is 2. The molecule has 0 unspecified atom stereocenters. The molecule has 154 valence electrons. The minimum absolute atomic E-state index is 0.0123. The summed E-state index contributed by atoms with van der Waals surface area (Å²) in [6, 6.07) is 8.52. The molecule has 0 spiro atoms. The number of pyridine rings is 1. The molecule has 3 N–H and O–H groups in total. The van der Waals surface area contributed by atoms with E-state index in [-0.39, 0.29) is 22.8 Å². The zero-order valence-corrected chi connectivity index (χ0v) is 16.2. The second-order valence-corrected chi connectivity index (χ2v) is 6.87. The first-order valence-corrected chi connectivity index (χ1v) is 9.19. The molecule has 0 aliphatic heterocycles. The number of hydrogen-bond donors (Lipinski definition) is 2. The summed E-state index contributed by atoms with van der Waals surface area (Å²) < 4.78 is 42.1. The Kier molecular flexibility index (Phi) is 5.13.